The van der Waals surface area contributed by atoms with Gasteiger partial charge in [0, 0.05) is 25.9 Å². The minimum Gasteiger partial charge on any atom is -0.444 e. The van der Waals surface area contributed by atoms with E-state index in [2.05, 4.69) is 0 Å². The fourth-order valence-corrected chi connectivity index (χ4v) is 3.14. The average Bonchev–Trinajstić information content (AvgIpc) is 2.37. The quantitative estimate of drug-likeness (QED) is 0.742. The van der Waals surface area contributed by atoms with E-state index >= 15 is 0 Å². The second kappa shape index (κ2) is 6.24. The van der Waals surface area contributed by atoms with Crippen LogP contribution in [-0.4, -0.2) is 59.0 Å². The van der Waals surface area contributed by atoms with Gasteiger partial charge in [-0.15, -0.1) is 0 Å². The summed E-state index contributed by atoms with van der Waals surface area (Å²) in [5.41, 5.74) is -0.741. The van der Waals surface area contributed by atoms with Crippen LogP contribution < -0.4 is 0 Å². The zero-order valence-corrected chi connectivity index (χ0v) is 14.3. The van der Waals surface area contributed by atoms with E-state index in [0.29, 0.717) is 18.9 Å². The van der Waals surface area contributed by atoms with Gasteiger partial charge in [0.1, 0.15) is 5.60 Å². The van der Waals surface area contributed by atoms with Gasteiger partial charge in [0.05, 0.1) is 12.6 Å². The number of hydrogen-bond donors (Lipinski definition) is 0. The van der Waals surface area contributed by atoms with E-state index < -0.39 is 36.6 Å². The Labute approximate surface area is 135 Å². The molecule has 0 saturated carbocycles. The van der Waals surface area contributed by atoms with Crippen molar-refractivity contribution in [2.45, 2.75) is 64.5 Å². The average molecular weight is 332 g/mol. The molecule has 5 nitrogen and oxygen atoms in total. The van der Waals surface area contributed by atoms with Crippen LogP contribution >= 0.6 is 0 Å². The molecule has 2 rings (SSSR count). The van der Waals surface area contributed by atoms with Crippen LogP contribution in [0.4, 0.5) is 13.6 Å². The smallest absolute Gasteiger partial charge is 0.410 e. The molecule has 132 valence electrons. The topological polar surface area (TPSA) is 49.9 Å². The first-order chi connectivity index (χ1) is 10.5. The second-order valence-corrected chi connectivity index (χ2v) is 7.76. The van der Waals surface area contributed by atoms with Crippen molar-refractivity contribution in [2.24, 2.45) is 5.92 Å². The molecule has 2 atom stereocenters. The number of hydrogen-bond acceptors (Lipinski definition) is 3. The molecular formula is C16H26F2N2O3. The van der Waals surface area contributed by atoms with Crippen LogP contribution in [0.25, 0.3) is 0 Å². The summed E-state index contributed by atoms with van der Waals surface area (Å²) in [4.78, 5) is 26.8. The fraction of sp³-hybridized carbons (Fsp3) is 0.875. The highest BCUT2D eigenvalue weighted by Gasteiger charge is 2.46. The Morgan fingerprint density at radius 2 is 1.96 bits per heavy atom. The lowest BCUT2D eigenvalue weighted by molar-refractivity contribution is -0.145. The van der Waals surface area contributed by atoms with Crippen LogP contribution in [0.3, 0.4) is 0 Å². The van der Waals surface area contributed by atoms with Crippen LogP contribution in [-0.2, 0) is 9.53 Å². The number of carbonyl (C=O) groups is 2. The van der Waals surface area contributed by atoms with Gasteiger partial charge in [-0.2, -0.15) is 0 Å². The molecule has 0 aliphatic carbocycles. The van der Waals surface area contributed by atoms with Crippen molar-refractivity contribution in [3.63, 3.8) is 0 Å². The minimum atomic E-state index is -3.01. The monoisotopic (exact) mass is 332 g/mol. The first-order valence-corrected chi connectivity index (χ1v) is 8.12. The SMILES string of the molecule is CC1CCC(=O)N([C@H]2CN(C(=O)OC(C)(C)C)CC(F)(F)C2)C1. The maximum Gasteiger partial charge on any atom is 0.410 e. The Balaban J connectivity index is 2.12. The van der Waals surface area contributed by atoms with Gasteiger partial charge in [-0.3, -0.25) is 4.79 Å². The van der Waals surface area contributed by atoms with Gasteiger partial charge in [0.25, 0.3) is 5.92 Å². The van der Waals surface area contributed by atoms with E-state index in [-0.39, 0.29) is 12.5 Å². The molecule has 2 aliphatic rings. The van der Waals surface area contributed by atoms with Crippen LogP contribution in [0.1, 0.15) is 47.0 Å². The Morgan fingerprint density at radius 3 is 2.57 bits per heavy atom. The first-order valence-electron chi connectivity index (χ1n) is 8.12. The lowest BCUT2D eigenvalue weighted by Crippen LogP contribution is -2.59. The summed E-state index contributed by atoms with van der Waals surface area (Å²) in [6.07, 6.45) is 0.0219. The van der Waals surface area contributed by atoms with Crippen LogP contribution in [0.2, 0.25) is 0 Å². The first kappa shape index (κ1) is 17.9. The highest BCUT2D eigenvalue weighted by atomic mass is 19.3. The number of nitrogens with zero attached hydrogens (tertiary/aromatic N) is 2. The second-order valence-electron chi connectivity index (χ2n) is 7.76. The van der Waals surface area contributed by atoms with E-state index in [0.717, 1.165) is 11.3 Å². The Hall–Kier alpha value is -1.40. The predicted molar refractivity (Wildman–Crippen MR) is 81.3 cm³/mol. The van der Waals surface area contributed by atoms with E-state index in [1.807, 2.05) is 6.92 Å². The lowest BCUT2D eigenvalue weighted by atomic mass is 9.94. The molecule has 0 spiro atoms. The van der Waals surface area contributed by atoms with Crippen LogP contribution in [0.15, 0.2) is 0 Å². The maximum absolute atomic E-state index is 14.1. The van der Waals surface area contributed by atoms with E-state index in [1.165, 1.54) is 4.90 Å². The summed E-state index contributed by atoms with van der Waals surface area (Å²) in [5.74, 6) is -2.82. The van der Waals surface area contributed by atoms with Gasteiger partial charge in [-0.05, 0) is 33.1 Å². The zero-order chi connectivity index (χ0) is 17.4. The third-order valence-corrected chi connectivity index (χ3v) is 4.16. The van der Waals surface area contributed by atoms with Crippen LogP contribution in [0.5, 0.6) is 0 Å². The van der Waals surface area contributed by atoms with Gasteiger partial charge in [-0.1, -0.05) is 6.92 Å². The number of rotatable bonds is 1. The molecule has 0 aromatic heterocycles. The molecule has 0 aromatic rings. The number of likely N-dealkylation sites (tertiary alicyclic amines) is 2. The highest BCUT2D eigenvalue weighted by molar-refractivity contribution is 5.77. The number of ether oxygens (including phenoxy) is 1. The van der Waals surface area contributed by atoms with Crippen molar-refractivity contribution in [3.8, 4) is 0 Å². The number of carbonyl (C=O) groups excluding carboxylic acids is 2. The maximum atomic E-state index is 14.1. The van der Waals surface area contributed by atoms with Gasteiger partial charge >= 0.3 is 6.09 Å². The van der Waals surface area contributed by atoms with E-state index in [1.54, 1.807) is 20.8 Å². The zero-order valence-electron chi connectivity index (χ0n) is 14.3. The number of amides is 2. The summed E-state index contributed by atoms with van der Waals surface area (Å²) in [6, 6.07) is -0.651. The van der Waals surface area contributed by atoms with Gasteiger partial charge in [-0.25, -0.2) is 13.6 Å². The highest BCUT2D eigenvalue weighted by Crippen LogP contribution is 2.32. The molecule has 23 heavy (non-hydrogen) atoms. The van der Waals surface area contributed by atoms with Crippen molar-refractivity contribution in [2.75, 3.05) is 19.6 Å². The minimum absolute atomic E-state index is 0.100. The number of halogens is 2. The summed E-state index contributed by atoms with van der Waals surface area (Å²) < 4.78 is 33.4. The lowest BCUT2D eigenvalue weighted by Gasteiger charge is -2.44. The molecular weight excluding hydrogens is 306 g/mol. The molecule has 2 amide bonds. The van der Waals surface area contributed by atoms with Crippen molar-refractivity contribution < 1.29 is 23.1 Å². The summed E-state index contributed by atoms with van der Waals surface area (Å²) in [6.45, 7) is 7.01. The third kappa shape index (κ3) is 4.78. The molecule has 7 heteroatoms. The predicted octanol–water partition coefficient (Wildman–Crippen LogP) is 2.89. The van der Waals surface area contributed by atoms with Crippen molar-refractivity contribution in [1.82, 2.24) is 9.80 Å². The summed E-state index contributed by atoms with van der Waals surface area (Å²) >= 11 is 0. The molecule has 0 aromatic carbocycles. The third-order valence-electron chi connectivity index (χ3n) is 4.16. The van der Waals surface area contributed by atoms with Crippen molar-refractivity contribution in [1.29, 1.82) is 0 Å². The van der Waals surface area contributed by atoms with Gasteiger partial charge in [0.2, 0.25) is 5.91 Å². The normalized spacial score (nSPS) is 28.7. The van der Waals surface area contributed by atoms with E-state index in [4.69, 9.17) is 4.74 Å². The largest absolute Gasteiger partial charge is 0.444 e. The van der Waals surface area contributed by atoms with Gasteiger partial charge < -0.3 is 14.5 Å². The van der Waals surface area contributed by atoms with Crippen molar-refractivity contribution in [3.05, 3.63) is 0 Å². The van der Waals surface area contributed by atoms with Crippen molar-refractivity contribution >= 4 is 12.0 Å². The molecule has 2 saturated heterocycles. The van der Waals surface area contributed by atoms with Crippen LogP contribution in [0, 0.1) is 5.92 Å². The Kier molecular flexibility index (Phi) is 4.87. The molecule has 0 N–H and O–H groups in total. The molecule has 2 heterocycles. The molecule has 0 radical (unpaired) electrons. The molecule has 2 fully saturated rings. The van der Waals surface area contributed by atoms with Gasteiger partial charge in [0.15, 0.2) is 0 Å². The molecule has 0 bridgehead atoms. The number of piperidine rings is 2. The standard InChI is InChI=1S/C16H26F2N2O3/c1-11-5-6-13(21)20(8-11)12-7-16(17,18)10-19(9-12)14(22)23-15(2,3)4/h11-12H,5-10H2,1-4H3/t11?,12-/m1/s1. The summed E-state index contributed by atoms with van der Waals surface area (Å²) in [7, 11) is 0. The Morgan fingerprint density at radius 1 is 1.30 bits per heavy atom. The fourth-order valence-electron chi connectivity index (χ4n) is 3.14. The molecule has 2 aliphatic heterocycles. The number of alkyl halides is 2. The summed E-state index contributed by atoms with van der Waals surface area (Å²) in [5, 5.41) is 0. The Bertz CT molecular complexity index is 476. The van der Waals surface area contributed by atoms with E-state index in [9.17, 15) is 18.4 Å². The molecule has 1 unspecified atom stereocenters.